The number of allylic oxidation sites excluding steroid dienone is 8. The molecule has 0 rings (SSSR count). The molecule has 68 heavy (non-hydrogen) atoms. The molecule has 0 bridgehead atoms. The van der Waals surface area contributed by atoms with Crippen molar-refractivity contribution in [1.82, 2.24) is 0 Å². The van der Waals surface area contributed by atoms with Crippen molar-refractivity contribution in [2.75, 3.05) is 47.5 Å². The number of rotatable bonds is 52. The molecular formula is C58H109NO8P+. The highest BCUT2D eigenvalue weighted by Gasteiger charge is 2.27. The number of carbonyl (C=O) groups excluding carboxylic acids is 2. The first kappa shape index (κ1) is 66.0. The van der Waals surface area contributed by atoms with Gasteiger partial charge in [-0.1, -0.05) is 242 Å². The maximum atomic E-state index is 12.8. The van der Waals surface area contributed by atoms with Gasteiger partial charge in [-0.15, -0.1) is 0 Å². The van der Waals surface area contributed by atoms with Crippen molar-refractivity contribution in [3.05, 3.63) is 48.6 Å². The van der Waals surface area contributed by atoms with Crippen molar-refractivity contribution in [2.45, 2.75) is 264 Å². The third kappa shape index (κ3) is 53.3. The van der Waals surface area contributed by atoms with E-state index < -0.39 is 26.5 Å². The van der Waals surface area contributed by atoms with E-state index in [0.717, 1.165) is 57.8 Å². The Kier molecular flexibility index (Phi) is 48.4. The predicted molar refractivity (Wildman–Crippen MR) is 289 cm³/mol. The molecule has 0 heterocycles. The molecule has 0 aromatic heterocycles. The molecule has 0 amide bonds. The molecule has 0 aromatic rings. The molecule has 1 N–H and O–H groups in total. The third-order valence-electron chi connectivity index (χ3n) is 12.4. The van der Waals surface area contributed by atoms with E-state index in [1.807, 2.05) is 21.1 Å². The van der Waals surface area contributed by atoms with Gasteiger partial charge in [-0.2, -0.15) is 0 Å². The van der Waals surface area contributed by atoms with Crippen molar-refractivity contribution in [1.29, 1.82) is 0 Å². The number of likely N-dealkylation sites (N-methyl/N-ethyl adjacent to an activating group) is 1. The summed E-state index contributed by atoms with van der Waals surface area (Å²) >= 11 is 0. The Labute approximate surface area is 420 Å². The first-order chi connectivity index (χ1) is 33.0. The van der Waals surface area contributed by atoms with E-state index in [9.17, 15) is 19.0 Å². The number of hydrogen-bond acceptors (Lipinski definition) is 7. The lowest BCUT2D eigenvalue weighted by Crippen LogP contribution is -2.37. The van der Waals surface area contributed by atoms with Gasteiger partial charge < -0.3 is 18.9 Å². The lowest BCUT2D eigenvalue weighted by molar-refractivity contribution is -0.870. The van der Waals surface area contributed by atoms with Crippen LogP contribution in [0.2, 0.25) is 0 Å². The molecule has 2 atom stereocenters. The molecule has 0 aromatic carbocycles. The van der Waals surface area contributed by atoms with Crippen LogP contribution in [0.5, 0.6) is 0 Å². The Balaban J connectivity index is 4.09. The largest absolute Gasteiger partial charge is 0.472 e. The second kappa shape index (κ2) is 49.9. The zero-order chi connectivity index (χ0) is 49.9. The zero-order valence-electron chi connectivity index (χ0n) is 45.1. The molecule has 9 nitrogen and oxygen atoms in total. The lowest BCUT2D eigenvalue weighted by atomic mass is 10.0. The fourth-order valence-electron chi connectivity index (χ4n) is 8.01. The number of phosphoric acid groups is 1. The Bertz CT molecular complexity index is 1290. The average Bonchev–Trinajstić information content (AvgIpc) is 3.30. The summed E-state index contributed by atoms with van der Waals surface area (Å²) in [5.41, 5.74) is 0. The average molecular weight is 979 g/mol. The summed E-state index contributed by atoms with van der Waals surface area (Å²) in [6, 6.07) is 0. The monoisotopic (exact) mass is 979 g/mol. The molecule has 2 unspecified atom stereocenters. The van der Waals surface area contributed by atoms with Gasteiger partial charge in [0, 0.05) is 12.8 Å². The standard InChI is InChI=1S/C58H108NO8P/c1-6-8-10-12-14-16-18-20-22-23-24-25-26-27-28-29-30-31-32-33-34-35-37-39-41-43-45-47-49-51-58(61)67-56(55-66-68(62,63)65-53-52-59(3,4)5)54-64-57(60)50-48-46-44-42-40-38-36-21-19-17-15-13-11-9-7-2/h8,10,14,16,20,22,24-25,56H,6-7,9,11-13,15,17-19,21,23,26-55H2,1-5H3/p+1/b10-8-,16-14-,22-20-,25-24-. The van der Waals surface area contributed by atoms with E-state index in [1.54, 1.807) is 0 Å². The van der Waals surface area contributed by atoms with Gasteiger partial charge in [-0.3, -0.25) is 18.6 Å². The highest BCUT2D eigenvalue weighted by Crippen LogP contribution is 2.43. The number of phosphoric ester groups is 1. The molecular weight excluding hydrogens is 870 g/mol. The van der Waals surface area contributed by atoms with E-state index >= 15 is 0 Å². The molecule has 0 radical (unpaired) electrons. The first-order valence-electron chi connectivity index (χ1n) is 28.4. The Morgan fingerprint density at radius 2 is 0.838 bits per heavy atom. The maximum absolute atomic E-state index is 12.8. The third-order valence-corrected chi connectivity index (χ3v) is 13.4. The summed E-state index contributed by atoms with van der Waals surface area (Å²) in [5, 5.41) is 0. The normalized spacial score (nSPS) is 13.7. The van der Waals surface area contributed by atoms with Crippen molar-refractivity contribution in [3.63, 3.8) is 0 Å². The van der Waals surface area contributed by atoms with Crippen molar-refractivity contribution in [3.8, 4) is 0 Å². The van der Waals surface area contributed by atoms with Crippen molar-refractivity contribution in [2.24, 2.45) is 0 Å². The summed E-state index contributed by atoms with van der Waals surface area (Å²) in [5.74, 6) is -0.786. The van der Waals surface area contributed by atoms with Gasteiger partial charge in [-0.05, 0) is 51.4 Å². The van der Waals surface area contributed by atoms with E-state index in [2.05, 4.69) is 62.5 Å². The number of carbonyl (C=O) groups is 2. The van der Waals surface area contributed by atoms with E-state index in [4.69, 9.17) is 18.5 Å². The number of nitrogens with zero attached hydrogens (tertiary/aromatic N) is 1. The number of quaternary nitrogens is 1. The SMILES string of the molecule is CC/C=C\C/C=C\C/C=C\C/C=C\CCCCCCCCCCCCCCCCCCC(=O)OC(COC(=O)CCCCCCCCCCCCCCCCC)COP(=O)(O)OCC[N+](C)(C)C. The molecule has 0 aliphatic rings. The fourth-order valence-corrected chi connectivity index (χ4v) is 8.75. The number of esters is 2. The Morgan fingerprint density at radius 3 is 1.25 bits per heavy atom. The molecule has 0 aliphatic carbocycles. The molecule has 0 spiro atoms. The summed E-state index contributed by atoms with van der Waals surface area (Å²) in [7, 11) is 1.49. The van der Waals surface area contributed by atoms with Gasteiger partial charge in [0.15, 0.2) is 6.10 Å². The highest BCUT2D eigenvalue weighted by atomic mass is 31.2. The summed E-state index contributed by atoms with van der Waals surface area (Å²) in [6.07, 6.45) is 61.8. The number of ether oxygens (including phenoxy) is 2. The van der Waals surface area contributed by atoms with E-state index in [1.165, 1.54) is 167 Å². The highest BCUT2D eigenvalue weighted by molar-refractivity contribution is 7.47. The second-order valence-corrected chi connectivity index (χ2v) is 21.8. The second-order valence-electron chi connectivity index (χ2n) is 20.3. The summed E-state index contributed by atoms with van der Waals surface area (Å²) in [6.45, 7) is 4.35. The smallest absolute Gasteiger partial charge is 0.462 e. The fraction of sp³-hybridized carbons (Fsp3) is 0.828. The topological polar surface area (TPSA) is 108 Å². The summed E-state index contributed by atoms with van der Waals surface area (Å²) in [4.78, 5) is 35.6. The van der Waals surface area contributed by atoms with Gasteiger partial charge in [0.1, 0.15) is 19.8 Å². The van der Waals surface area contributed by atoms with Crippen LogP contribution >= 0.6 is 7.82 Å². The Morgan fingerprint density at radius 1 is 0.471 bits per heavy atom. The van der Waals surface area contributed by atoms with Gasteiger partial charge >= 0.3 is 19.8 Å². The van der Waals surface area contributed by atoms with Gasteiger partial charge in [0.05, 0.1) is 27.7 Å². The minimum atomic E-state index is -4.38. The van der Waals surface area contributed by atoms with Crippen LogP contribution in [0.1, 0.15) is 258 Å². The van der Waals surface area contributed by atoms with Gasteiger partial charge in [-0.25, -0.2) is 4.57 Å². The lowest BCUT2D eigenvalue weighted by Gasteiger charge is -2.24. The predicted octanol–water partition coefficient (Wildman–Crippen LogP) is 17.4. The van der Waals surface area contributed by atoms with Crippen LogP contribution in [0.4, 0.5) is 0 Å². The summed E-state index contributed by atoms with van der Waals surface area (Å²) < 4.78 is 34.5. The number of hydrogen-bond donors (Lipinski definition) is 1. The molecule has 0 fully saturated rings. The van der Waals surface area contributed by atoms with Crippen LogP contribution in [-0.2, 0) is 32.7 Å². The van der Waals surface area contributed by atoms with Crippen LogP contribution < -0.4 is 0 Å². The van der Waals surface area contributed by atoms with Crippen LogP contribution in [0.15, 0.2) is 48.6 Å². The molecule has 0 saturated heterocycles. The van der Waals surface area contributed by atoms with Crippen LogP contribution in [0.25, 0.3) is 0 Å². The van der Waals surface area contributed by atoms with Crippen LogP contribution in [-0.4, -0.2) is 74.9 Å². The number of unbranched alkanes of at least 4 members (excludes halogenated alkanes) is 30. The zero-order valence-corrected chi connectivity index (χ0v) is 46.0. The first-order valence-corrected chi connectivity index (χ1v) is 29.9. The van der Waals surface area contributed by atoms with Gasteiger partial charge in [0.2, 0.25) is 0 Å². The molecule has 0 aliphatic heterocycles. The van der Waals surface area contributed by atoms with E-state index in [-0.39, 0.29) is 25.6 Å². The maximum Gasteiger partial charge on any atom is 0.472 e. The molecule has 398 valence electrons. The quantitative estimate of drug-likeness (QED) is 0.0211. The van der Waals surface area contributed by atoms with Crippen LogP contribution in [0, 0.1) is 0 Å². The van der Waals surface area contributed by atoms with Crippen molar-refractivity contribution >= 4 is 19.8 Å². The van der Waals surface area contributed by atoms with E-state index in [0.29, 0.717) is 23.9 Å². The minimum absolute atomic E-state index is 0.0333. The Hall–Kier alpha value is -2.03. The van der Waals surface area contributed by atoms with Gasteiger partial charge in [0.25, 0.3) is 0 Å². The minimum Gasteiger partial charge on any atom is -0.462 e. The van der Waals surface area contributed by atoms with Crippen LogP contribution in [0.3, 0.4) is 0 Å². The van der Waals surface area contributed by atoms with Crippen molar-refractivity contribution < 1.29 is 42.1 Å². The molecule has 10 heteroatoms. The molecule has 0 saturated carbocycles.